The van der Waals surface area contributed by atoms with Crippen molar-refractivity contribution in [2.75, 3.05) is 13.7 Å². The van der Waals surface area contributed by atoms with Crippen LogP contribution in [0.2, 0.25) is 0 Å². The lowest BCUT2D eigenvalue weighted by Gasteiger charge is -2.35. The zero-order chi connectivity index (χ0) is 10.8. The van der Waals surface area contributed by atoms with Gasteiger partial charge in [0.05, 0.1) is 6.10 Å². The van der Waals surface area contributed by atoms with Gasteiger partial charge in [-0.25, -0.2) is 4.79 Å². The molecule has 0 bridgehead atoms. The van der Waals surface area contributed by atoms with E-state index in [0.717, 1.165) is 19.4 Å². The number of hydrogen-bond donors (Lipinski definition) is 1. The second-order valence-electron chi connectivity index (χ2n) is 4.28. The van der Waals surface area contributed by atoms with Gasteiger partial charge in [-0.05, 0) is 12.8 Å². The molecule has 1 saturated heterocycles. The molecule has 14 heavy (non-hydrogen) atoms. The molecule has 4 heteroatoms. The highest BCUT2D eigenvalue weighted by Gasteiger charge is 2.43. The summed E-state index contributed by atoms with van der Waals surface area (Å²) in [6.45, 7) is 4.49. The SMILES string of the molecule is COC(C(=O)O)C(C)(C)C1CCCO1. The summed E-state index contributed by atoms with van der Waals surface area (Å²) in [7, 11) is 1.43. The largest absolute Gasteiger partial charge is 0.479 e. The fourth-order valence-corrected chi connectivity index (χ4v) is 2.06. The molecule has 1 aliphatic rings. The predicted molar refractivity (Wildman–Crippen MR) is 51.2 cm³/mol. The van der Waals surface area contributed by atoms with E-state index in [0.29, 0.717) is 0 Å². The molecule has 1 heterocycles. The molecule has 82 valence electrons. The lowest BCUT2D eigenvalue weighted by molar-refractivity contribution is -0.163. The number of methoxy groups -OCH3 is 1. The van der Waals surface area contributed by atoms with Crippen LogP contribution in [0.1, 0.15) is 26.7 Å². The van der Waals surface area contributed by atoms with Crippen molar-refractivity contribution >= 4 is 5.97 Å². The summed E-state index contributed by atoms with van der Waals surface area (Å²) in [6, 6.07) is 0. The first-order valence-electron chi connectivity index (χ1n) is 4.87. The molecule has 1 N–H and O–H groups in total. The van der Waals surface area contributed by atoms with Crippen LogP contribution in [0.5, 0.6) is 0 Å². The van der Waals surface area contributed by atoms with Crippen LogP contribution in [0.4, 0.5) is 0 Å². The van der Waals surface area contributed by atoms with Gasteiger partial charge in [-0.1, -0.05) is 13.8 Å². The van der Waals surface area contributed by atoms with Gasteiger partial charge >= 0.3 is 5.97 Å². The quantitative estimate of drug-likeness (QED) is 0.746. The van der Waals surface area contributed by atoms with Crippen molar-refractivity contribution in [1.82, 2.24) is 0 Å². The van der Waals surface area contributed by atoms with Crippen LogP contribution in [0.25, 0.3) is 0 Å². The summed E-state index contributed by atoms with van der Waals surface area (Å²) >= 11 is 0. The summed E-state index contributed by atoms with van der Waals surface area (Å²) < 4.78 is 10.5. The average Bonchev–Trinajstić information content (AvgIpc) is 2.55. The molecule has 0 aromatic rings. The van der Waals surface area contributed by atoms with Crippen molar-refractivity contribution < 1.29 is 19.4 Å². The zero-order valence-electron chi connectivity index (χ0n) is 8.95. The van der Waals surface area contributed by atoms with Crippen molar-refractivity contribution in [3.63, 3.8) is 0 Å². The van der Waals surface area contributed by atoms with E-state index >= 15 is 0 Å². The number of rotatable bonds is 4. The van der Waals surface area contributed by atoms with Gasteiger partial charge < -0.3 is 14.6 Å². The standard InChI is InChI=1S/C10H18O4/c1-10(2,7-5-4-6-14-7)8(13-3)9(11)12/h7-8H,4-6H2,1-3H3,(H,11,12). The van der Waals surface area contributed by atoms with Crippen molar-refractivity contribution in [2.24, 2.45) is 5.41 Å². The highest BCUT2D eigenvalue weighted by atomic mass is 16.5. The molecule has 1 fully saturated rings. The molecule has 4 nitrogen and oxygen atoms in total. The Kier molecular flexibility index (Phi) is 3.50. The highest BCUT2D eigenvalue weighted by molar-refractivity contribution is 5.73. The Hall–Kier alpha value is -0.610. The third-order valence-electron chi connectivity index (χ3n) is 2.90. The third kappa shape index (κ3) is 2.07. The second kappa shape index (κ2) is 4.28. The fraction of sp³-hybridized carbons (Fsp3) is 0.900. The van der Waals surface area contributed by atoms with Gasteiger partial charge in [-0.2, -0.15) is 0 Å². The van der Waals surface area contributed by atoms with Gasteiger partial charge in [0.1, 0.15) is 0 Å². The number of ether oxygens (including phenoxy) is 2. The summed E-state index contributed by atoms with van der Waals surface area (Å²) in [5, 5.41) is 8.99. The van der Waals surface area contributed by atoms with E-state index < -0.39 is 17.5 Å². The van der Waals surface area contributed by atoms with Gasteiger partial charge in [0.25, 0.3) is 0 Å². The Labute approximate surface area is 84.2 Å². The fourth-order valence-electron chi connectivity index (χ4n) is 2.06. The number of carboxylic acids is 1. The van der Waals surface area contributed by atoms with Crippen LogP contribution in [0, 0.1) is 5.41 Å². The number of aliphatic carboxylic acids is 1. The maximum Gasteiger partial charge on any atom is 0.333 e. The molecule has 0 radical (unpaired) electrons. The number of carboxylic acid groups (broad SMARTS) is 1. The summed E-state index contributed by atoms with van der Waals surface area (Å²) in [6.07, 6.45) is 1.11. The number of hydrogen-bond acceptors (Lipinski definition) is 3. The summed E-state index contributed by atoms with van der Waals surface area (Å²) in [5.41, 5.74) is -0.475. The molecule has 1 aliphatic heterocycles. The van der Waals surface area contributed by atoms with Crippen LogP contribution in [-0.4, -0.2) is 37.0 Å². The Morgan fingerprint density at radius 1 is 1.64 bits per heavy atom. The first-order chi connectivity index (χ1) is 6.50. The van der Waals surface area contributed by atoms with E-state index in [-0.39, 0.29) is 6.10 Å². The molecule has 0 saturated carbocycles. The van der Waals surface area contributed by atoms with Crippen LogP contribution in [0.3, 0.4) is 0 Å². The first-order valence-corrected chi connectivity index (χ1v) is 4.87. The Balaban J connectivity index is 2.74. The van der Waals surface area contributed by atoms with Crippen molar-refractivity contribution in [3.8, 4) is 0 Å². The van der Waals surface area contributed by atoms with Crippen LogP contribution < -0.4 is 0 Å². The Bertz CT molecular complexity index is 206. The highest BCUT2D eigenvalue weighted by Crippen LogP contribution is 2.35. The minimum absolute atomic E-state index is 0.0106. The lowest BCUT2D eigenvalue weighted by atomic mass is 9.79. The minimum Gasteiger partial charge on any atom is -0.479 e. The van der Waals surface area contributed by atoms with Crippen LogP contribution >= 0.6 is 0 Å². The smallest absolute Gasteiger partial charge is 0.333 e. The van der Waals surface area contributed by atoms with Gasteiger partial charge in [-0.15, -0.1) is 0 Å². The molecule has 1 rings (SSSR count). The molecular weight excluding hydrogens is 184 g/mol. The maximum absolute atomic E-state index is 11.0. The van der Waals surface area contributed by atoms with E-state index in [4.69, 9.17) is 14.6 Å². The topological polar surface area (TPSA) is 55.8 Å². The summed E-state index contributed by atoms with van der Waals surface area (Å²) in [4.78, 5) is 11.0. The van der Waals surface area contributed by atoms with Gasteiger partial charge in [0.15, 0.2) is 6.10 Å². The molecule has 0 amide bonds. The van der Waals surface area contributed by atoms with Gasteiger partial charge in [0, 0.05) is 19.1 Å². The van der Waals surface area contributed by atoms with Crippen molar-refractivity contribution in [3.05, 3.63) is 0 Å². The predicted octanol–water partition coefficient (Wildman–Crippen LogP) is 1.29. The van der Waals surface area contributed by atoms with Gasteiger partial charge in [-0.3, -0.25) is 0 Å². The van der Waals surface area contributed by atoms with Crippen LogP contribution in [0.15, 0.2) is 0 Å². The molecule has 0 aromatic carbocycles. The normalized spacial score (nSPS) is 24.9. The Morgan fingerprint density at radius 3 is 2.64 bits per heavy atom. The van der Waals surface area contributed by atoms with E-state index in [1.54, 1.807) is 0 Å². The lowest BCUT2D eigenvalue weighted by Crippen LogP contribution is -2.45. The molecule has 2 unspecified atom stereocenters. The monoisotopic (exact) mass is 202 g/mol. The molecule has 0 aromatic heterocycles. The van der Waals surface area contributed by atoms with E-state index in [9.17, 15) is 4.79 Å². The maximum atomic E-state index is 11.0. The molecule has 2 atom stereocenters. The summed E-state index contributed by atoms with van der Waals surface area (Å²) in [5.74, 6) is -0.923. The molecule has 0 aliphatic carbocycles. The van der Waals surface area contributed by atoms with Crippen molar-refractivity contribution in [1.29, 1.82) is 0 Å². The van der Waals surface area contributed by atoms with E-state index in [2.05, 4.69) is 0 Å². The average molecular weight is 202 g/mol. The van der Waals surface area contributed by atoms with Gasteiger partial charge in [0.2, 0.25) is 0 Å². The minimum atomic E-state index is -0.923. The molecule has 0 spiro atoms. The first kappa shape index (κ1) is 11.5. The van der Waals surface area contributed by atoms with Crippen LogP contribution in [-0.2, 0) is 14.3 Å². The third-order valence-corrected chi connectivity index (χ3v) is 2.90. The van der Waals surface area contributed by atoms with E-state index in [1.165, 1.54) is 7.11 Å². The number of carbonyl (C=O) groups is 1. The second-order valence-corrected chi connectivity index (χ2v) is 4.28. The zero-order valence-corrected chi connectivity index (χ0v) is 8.95. The van der Waals surface area contributed by atoms with Crippen molar-refractivity contribution in [2.45, 2.75) is 38.9 Å². The molecular formula is C10H18O4. The Morgan fingerprint density at radius 2 is 2.29 bits per heavy atom. The van der Waals surface area contributed by atoms with E-state index in [1.807, 2.05) is 13.8 Å².